The predicted octanol–water partition coefficient (Wildman–Crippen LogP) is 4.30. The second-order valence-corrected chi connectivity index (χ2v) is 8.29. The number of phenols is 1. The number of nitrogens with one attached hydrogen (secondary N) is 1. The van der Waals surface area contributed by atoms with Crippen LogP contribution in [0.4, 0.5) is 0 Å². The van der Waals surface area contributed by atoms with E-state index in [0.717, 1.165) is 42.7 Å². The SMILES string of the molecule is CCCOc1cccc(C2c3c(-c4ccccc4O)n[nH]c3C(=O)N2CC2CCCO2)c1. The molecule has 1 amide bonds. The van der Waals surface area contributed by atoms with Gasteiger partial charge in [0.2, 0.25) is 0 Å². The van der Waals surface area contributed by atoms with Crippen LogP contribution in [0.2, 0.25) is 0 Å². The minimum atomic E-state index is -0.347. The van der Waals surface area contributed by atoms with Gasteiger partial charge in [0.25, 0.3) is 5.91 Å². The zero-order chi connectivity index (χ0) is 22.1. The number of amides is 1. The normalized spacial score (nSPS) is 20.0. The van der Waals surface area contributed by atoms with Crippen molar-refractivity contribution in [3.05, 3.63) is 65.4 Å². The quantitative estimate of drug-likeness (QED) is 0.580. The van der Waals surface area contributed by atoms with Crippen LogP contribution in [0.5, 0.6) is 11.5 Å². The first-order valence-electron chi connectivity index (χ1n) is 11.2. The number of rotatable bonds is 7. The Morgan fingerprint density at radius 3 is 2.91 bits per heavy atom. The van der Waals surface area contributed by atoms with E-state index in [1.54, 1.807) is 12.1 Å². The fourth-order valence-electron chi connectivity index (χ4n) is 4.61. The van der Waals surface area contributed by atoms with Gasteiger partial charge in [0.05, 0.1) is 18.8 Å². The van der Waals surface area contributed by atoms with E-state index >= 15 is 0 Å². The Labute approximate surface area is 187 Å². The smallest absolute Gasteiger partial charge is 0.273 e. The molecule has 0 aliphatic carbocycles. The molecular weight excluding hydrogens is 406 g/mol. The van der Waals surface area contributed by atoms with Crippen molar-refractivity contribution >= 4 is 5.91 Å². The summed E-state index contributed by atoms with van der Waals surface area (Å²) in [6.45, 7) is 3.94. The van der Waals surface area contributed by atoms with E-state index in [0.29, 0.717) is 30.1 Å². The van der Waals surface area contributed by atoms with Gasteiger partial charge < -0.3 is 19.5 Å². The van der Waals surface area contributed by atoms with Gasteiger partial charge in [-0.05, 0) is 49.1 Å². The maximum atomic E-state index is 13.5. The molecule has 2 N–H and O–H groups in total. The summed E-state index contributed by atoms with van der Waals surface area (Å²) in [6, 6.07) is 14.6. The maximum Gasteiger partial charge on any atom is 0.273 e. The summed E-state index contributed by atoms with van der Waals surface area (Å²) in [5.41, 5.74) is 3.38. The molecule has 5 rings (SSSR count). The Morgan fingerprint density at radius 2 is 2.12 bits per heavy atom. The van der Waals surface area contributed by atoms with E-state index in [4.69, 9.17) is 9.47 Å². The minimum Gasteiger partial charge on any atom is -0.507 e. The largest absolute Gasteiger partial charge is 0.507 e. The number of benzene rings is 2. The molecule has 7 heteroatoms. The average Bonchev–Trinajstić information content (AvgIpc) is 3.53. The number of carbonyl (C=O) groups excluding carboxylic acids is 1. The highest BCUT2D eigenvalue weighted by molar-refractivity contribution is 6.00. The molecule has 1 aromatic heterocycles. The van der Waals surface area contributed by atoms with E-state index in [9.17, 15) is 9.90 Å². The zero-order valence-corrected chi connectivity index (χ0v) is 18.1. The van der Waals surface area contributed by atoms with Crippen LogP contribution in [0.15, 0.2) is 48.5 Å². The molecule has 0 radical (unpaired) electrons. The molecule has 0 bridgehead atoms. The summed E-state index contributed by atoms with van der Waals surface area (Å²) in [5.74, 6) is 0.801. The van der Waals surface area contributed by atoms with Crippen LogP contribution in [0.3, 0.4) is 0 Å². The molecule has 1 fully saturated rings. The molecule has 2 aliphatic rings. The molecular formula is C25H27N3O4. The Hall–Kier alpha value is -3.32. The monoisotopic (exact) mass is 433 g/mol. The molecule has 166 valence electrons. The standard InChI is InChI=1S/C25H27N3O4/c1-2-12-31-17-8-5-7-16(14-17)24-21-22(19-10-3-4-11-20(19)29)26-27-23(21)25(30)28(24)15-18-9-6-13-32-18/h3-5,7-8,10-11,14,18,24,29H,2,6,9,12-13,15H2,1H3,(H,26,27). The van der Waals surface area contributed by atoms with E-state index in [1.807, 2.05) is 41.3 Å². The number of H-pyrrole nitrogens is 1. The fraction of sp³-hybridized carbons (Fsp3) is 0.360. The number of hydrogen-bond acceptors (Lipinski definition) is 5. The molecule has 2 atom stereocenters. The number of aromatic amines is 1. The lowest BCUT2D eigenvalue weighted by Gasteiger charge is -2.28. The van der Waals surface area contributed by atoms with Crippen molar-refractivity contribution in [2.75, 3.05) is 19.8 Å². The first-order chi connectivity index (χ1) is 15.7. The lowest BCUT2D eigenvalue weighted by atomic mass is 9.95. The van der Waals surface area contributed by atoms with Crippen molar-refractivity contribution in [1.29, 1.82) is 0 Å². The number of ether oxygens (including phenoxy) is 2. The van der Waals surface area contributed by atoms with Crippen molar-refractivity contribution in [3.63, 3.8) is 0 Å². The van der Waals surface area contributed by atoms with Gasteiger partial charge in [-0.15, -0.1) is 0 Å². The lowest BCUT2D eigenvalue weighted by molar-refractivity contribution is 0.0495. The Morgan fingerprint density at radius 1 is 1.25 bits per heavy atom. The molecule has 32 heavy (non-hydrogen) atoms. The van der Waals surface area contributed by atoms with E-state index < -0.39 is 0 Å². The van der Waals surface area contributed by atoms with E-state index in [-0.39, 0.29) is 23.8 Å². The van der Waals surface area contributed by atoms with Gasteiger partial charge in [0.1, 0.15) is 22.9 Å². The zero-order valence-electron chi connectivity index (χ0n) is 18.1. The predicted molar refractivity (Wildman–Crippen MR) is 120 cm³/mol. The average molecular weight is 434 g/mol. The number of para-hydroxylation sites is 1. The third-order valence-electron chi connectivity index (χ3n) is 6.09. The van der Waals surface area contributed by atoms with Crippen molar-refractivity contribution in [1.82, 2.24) is 15.1 Å². The van der Waals surface area contributed by atoms with Crippen LogP contribution >= 0.6 is 0 Å². The van der Waals surface area contributed by atoms with Gasteiger partial charge in [0, 0.05) is 24.3 Å². The third kappa shape index (κ3) is 3.62. The molecule has 7 nitrogen and oxygen atoms in total. The molecule has 0 saturated carbocycles. The molecule has 2 aromatic carbocycles. The topological polar surface area (TPSA) is 87.7 Å². The number of aromatic nitrogens is 2. The van der Waals surface area contributed by atoms with E-state index in [2.05, 4.69) is 17.1 Å². The number of fused-ring (bicyclic) bond motifs is 1. The Kier molecular flexibility index (Phi) is 5.57. The number of phenolic OH excluding ortho intramolecular Hbond substituents is 1. The summed E-state index contributed by atoms with van der Waals surface area (Å²) < 4.78 is 11.7. The summed E-state index contributed by atoms with van der Waals surface area (Å²) >= 11 is 0. The lowest BCUT2D eigenvalue weighted by Crippen LogP contribution is -2.36. The van der Waals surface area contributed by atoms with Crippen LogP contribution in [0.1, 0.15) is 53.8 Å². The molecule has 1 saturated heterocycles. The highest BCUT2D eigenvalue weighted by atomic mass is 16.5. The van der Waals surface area contributed by atoms with Gasteiger partial charge in [-0.25, -0.2) is 0 Å². The van der Waals surface area contributed by atoms with Crippen molar-refractivity contribution in [2.24, 2.45) is 0 Å². The van der Waals surface area contributed by atoms with Gasteiger partial charge in [-0.3, -0.25) is 9.89 Å². The van der Waals surface area contributed by atoms with Gasteiger partial charge in [-0.2, -0.15) is 5.10 Å². The summed E-state index contributed by atoms with van der Waals surface area (Å²) in [6.07, 6.45) is 2.88. The van der Waals surface area contributed by atoms with Gasteiger partial charge in [0.15, 0.2) is 0 Å². The molecule has 2 aliphatic heterocycles. The van der Waals surface area contributed by atoms with Crippen molar-refractivity contribution in [2.45, 2.75) is 38.3 Å². The van der Waals surface area contributed by atoms with Gasteiger partial charge >= 0.3 is 0 Å². The van der Waals surface area contributed by atoms with Crippen LogP contribution in [0, 0.1) is 0 Å². The van der Waals surface area contributed by atoms with Gasteiger partial charge in [-0.1, -0.05) is 31.2 Å². The number of hydrogen-bond donors (Lipinski definition) is 2. The second-order valence-electron chi connectivity index (χ2n) is 8.29. The Balaban J connectivity index is 1.61. The highest BCUT2D eigenvalue weighted by Crippen LogP contribution is 2.45. The van der Waals surface area contributed by atoms with Crippen LogP contribution in [0.25, 0.3) is 11.3 Å². The molecule has 2 unspecified atom stereocenters. The Bertz CT molecular complexity index is 1120. The number of nitrogens with zero attached hydrogens (tertiary/aromatic N) is 2. The minimum absolute atomic E-state index is 0.0199. The summed E-state index contributed by atoms with van der Waals surface area (Å²) in [7, 11) is 0. The molecule has 3 aromatic rings. The number of carbonyl (C=O) groups is 1. The summed E-state index contributed by atoms with van der Waals surface area (Å²) in [5, 5.41) is 17.9. The van der Waals surface area contributed by atoms with E-state index in [1.165, 1.54) is 0 Å². The molecule has 0 spiro atoms. The highest BCUT2D eigenvalue weighted by Gasteiger charge is 2.43. The van der Waals surface area contributed by atoms with Crippen molar-refractivity contribution < 1.29 is 19.4 Å². The maximum absolute atomic E-state index is 13.5. The number of aromatic hydroxyl groups is 1. The molecule has 3 heterocycles. The second kappa shape index (κ2) is 8.67. The fourth-order valence-corrected chi connectivity index (χ4v) is 4.61. The van der Waals surface area contributed by atoms with Crippen LogP contribution in [-0.2, 0) is 4.74 Å². The van der Waals surface area contributed by atoms with Crippen LogP contribution < -0.4 is 4.74 Å². The van der Waals surface area contributed by atoms with Crippen molar-refractivity contribution in [3.8, 4) is 22.8 Å². The third-order valence-corrected chi connectivity index (χ3v) is 6.09. The summed E-state index contributed by atoms with van der Waals surface area (Å²) in [4.78, 5) is 15.3. The van der Waals surface area contributed by atoms with Crippen LogP contribution in [-0.4, -0.2) is 52.0 Å². The first kappa shape index (κ1) is 20.6. The first-order valence-corrected chi connectivity index (χ1v) is 11.2.